The Kier molecular flexibility index (Phi) is 3.22. The van der Waals surface area contributed by atoms with Gasteiger partial charge in [-0.1, -0.05) is 19.3 Å². The second-order valence-corrected chi connectivity index (χ2v) is 6.04. The van der Waals surface area contributed by atoms with Crippen molar-refractivity contribution in [3.8, 4) is 0 Å². The Labute approximate surface area is 103 Å². The molecular formula is C14H23NO2. The van der Waals surface area contributed by atoms with Gasteiger partial charge in [0.1, 0.15) is 5.78 Å². The van der Waals surface area contributed by atoms with E-state index in [1.807, 2.05) is 0 Å². The Morgan fingerprint density at radius 3 is 2.53 bits per heavy atom. The van der Waals surface area contributed by atoms with Gasteiger partial charge in [0.15, 0.2) is 0 Å². The molecule has 1 aliphatic carbocycles. The SMILES string of the molecule is O=C(C1CNC1)C1CCOC2(CCCCC2)C1. The first-order valence-electron chi connectivity index (χ1n) is 7.18. The van der Waals surface area contributed by atoms with E-state index in [4.69, 9.17) is 4.74 Å². The fraction of sp³-hybridized carbons (Fsp3) is 0.929. The van der Waals surface area contributed by atoms with Crippen molar-refractivity contribution in [1.82, 2.24) is 5.32 Å². The highest BCUT2D eigenvalue weighted by Gasteiger charge is 2.42. The van der Waals surface area contributed by atoms with E-state index >= 15 is 0 Å². The van der Waals surface area contributed by atoms with Crippen LogP contribution >= 0.6 is 0 Å². The molecule has 2 aliphatic heterocycles. The summed E-state index contributed by atoms with van der Waals surface area (Å²) < 4.78 is 6.05. The van der Waals surface area contributed by atoms with Gasteiger partial charge in [0.2, 0.25) is 0 Å². The third kappa shape index (κ3) is 2.27. The number of Topliss-reactive ketones (excluding diaryl/α,β-unsaturated/α-hetero) is 1. The number of ether oxygens (including phenoxy) is 1. The zero-order valence-corrected chi connectivity index (χ0v) is 10.5. The Balaban J connectivity index is 1.64. The number of hydrogen-bond donors (Lipinski definition) is 1. The number of hydrogen-bond acceptors (Lipinski definition) is 3. The van der Waals surface area contributed by atoms with Crippen molar-refractivity contribution in [3.05, 3.63) is 0 Å². The van der Waals surface area contributed by atoms with E-state index in [1.54, 1.807) is 0 Å². The third-order valence-corrected chi connectivity index (χ3v) is 4.84. The van der Waals surface area contributed by atoms with Crippen molar-refractivity contribution < 1.29 is 9.53 Å². The molecule has 1 saturated carbocycles. The Morgan fingerprint density at radius 2 is 1.88 bits per heavy atom. The van der Waals surface area contributed by atoms with E-state index in [0.29, 0.717) is 11.7 Å². The van der Waals surface area contributed by atoms with Crippen LogP contribution in [0.3, 0.4) is 0 Å². The van der Waals surface area contributed by atoms with Crippen molar-refractivity contribution >= 4 is 5.78 Å². The zero-order chi connectivity index (χ0) is 11.7. The predicted octanol–water partition coefficient (Wildman–Crippen LogP) is 1.90. The van der Waals surface area contributed by atoms with E-state index < -0.39 is 0 Å². The maximum Gasteiger partial charge on any atom is 0.141 e. The number of rotatable bonds is 2. The summed E-state index contributed by atoms with van der Waals surface area (Å²) >= 11 is 0. The van der Waals surface area contributed by atoms with Gasteiger partial charge in [0, 0.05) is 31.5 Å². The average molecular weight is 237 g/mol. The van der Waals surface area contributed by atoms with Gasteiger partial charge >= 0.3 is 0 Å². The minimum Gasteiger partial charge on any atom is -0.375 e. The van der Waals surface area contributed by atoms with E-state index in [1.165, 1.54) is 32.1 Å². The minimum absolute atomic E-state index is 0.0774. The highest BCUT2D eigenvalue weighted by Crippen LogP contribution is 2.41. The molecule has 3 nitrogen and oxygen atoms in total. The summed E-state index contributed by atoms with van der Waals surface area (Å²) in [5.41, 5.74) is 0.0774. The molecule has 3 fully saturated rings. The van der Waals surface area contributed by atoms with E-state index in [9.17, 15) is 4.79 Å². The fourth-order valence-electron chi connectivity index (χ4n) is 3.64. The summed E-state index contributed by atoms with van der Waals surface area (Å²) in [6.07, 6.45) is 8.23. The molecule has 17 heavy (non-hydrogen) atoms. The smallest absolute Gasteiger partial charge is 0.141 e. The van der Waals surface area contributed by atoms with Gasteiger partial charge in [-0.25, -0.2) is 0 Å². The maximum atomic E-state index is 12.3. The van der Waals surface area contributed by atoms with Gasteiger partial charge in [-0.2, -0.15) is 0 Å². The Morgan fingerprint density at radius 1 is 1.12 bits per heavy atom. The summed E-state index contributed by atoms with van der Waals surface area (Å²) in [7, 11) is 0. The lowest BCUT2D eigenvalue weighted by molar-refractivity contribution is -0.147. The van der Waals surface area contributed by atoms with Gasteiger partial charge in [-0.05, 0) is 25.7 Å². The number of nitrogens with one attached hydrogen (secondary N) is 1. The van der Waals surface area contributed by atoms with Crippen LogP contribution in [0, 0.1) is 11.8 Å². The summed E-state index contributed by atoms with van der Waals surface area (Å²) in [5, 5.41) is 3.20. The Hall–Kier alpha value is -0.410. The average Bonchev–Trinajstić information content (AvgIpc) is 2.28. The number of ketones is 1. The highest BCUT2D eigenvalue weighted by atomic mass is 16.5. The second-order valence-electron chi connectivity index (χ2n) is 6.04. The molecule has 0 aromatic rings. The molecule has 1 atom stereocenters. The molecule has 0 amide bonds. The lowest BCUT2D eigenvalue weighted by Gasteiger charge is -2.44. The quantitative estimate of drug-likeness (QED) is 0.797. The first-order valence-corrected chi connectivity index (χ1v) is 7.18. The van der Waals surface area contributed by atoms with Crippen molar-refractivity contribution in [2.24, 2.45) is 11.8 Å². The normalized spacial score (nSPS) is 33.3. The van der Waals surface area contributed by atoms with Crippen LogP contribution in [0.25, 0.3) is 0 Å². The minimum atomic E-state index is 0.0774. The van der Waals surface area contributed by atoms with Gasteiger partial charge in [-0.15, -0.1) is 0 Å². The molecule has 2 heterocycles. The van der Waals surface area contributed by atoms with E-state index in [2.05, 4.69) is 5.32 Å². The topological polar surface area (TPSA) is 38.3 Å². The number of carbonyl (C=O) groups is 1. The van der Waals surface area contributed by atoms with Crippen LogP contribution in [0.4, 0.5) is 0 Å². The summed E-state index contributed by atoms with van der Waals surface area (Å²) in [6.45, 7) is 2.61. The lowest BCUT2D eigenvalue weighted by Crippen LogP contribution is -2.51. The van der Waals surface area contributed by atoms with E-state index in [0.717, 1.165) is 32.5 Å². The Bertz CT molecular complexity index is 287. The maximum absolute atomic E-state index is 12.3. The van der Waals surface area contributed by atoms with Crippen molar-refractivity contribution in [2.75, 3.05) is 19.7 Å². The zero-order valence-electron chi connectivity index (χ0n) is 10.5. The first-order chi connectivity index (χ1) is 8.29. The summed E-state index contributed by atoms with van der Waals surface area (Å²) in [4.78, 5) is 12.3. The highest BCUT2D eigenvalue weighted by molar-refractivity contribution is 5.84. The largest absolute Gasteiger partial charge is 0.375 e. The first kappa shape index (κ1) is 11.7. The molecule has 1 spiro atoms. The molecule has 0 aromatic carbocycles. The molecule has 1 N–H and O–H groups in total. The monoisotopic (exact) mass is 237 g/mol. The molecule has 3 aliphatic rings. The fourth-order valence-corrected chi connectivity index (χ4v) is 3.64. The van der Waals surface area contributed by atoms with Crippen LogP contribution in [0.15, 0.2) is 0 Å². The predicted molar refractivity (Wildman–Crippen MR) is 65.9 cm³/mol. The molecule has 2 saturated heterocycles. The molecular weight excluding hydrogens is 214 g/mol. The van der Waals surface area contributed by atoms with Gasteiger partial charge in [0.05, 0.1) is 5.60 Å². The third-order valence-electron chi connectivity index (χ3n) is 4.84. The van der Waals surface area contributed by atoms with Crippen molar-refractivity contribution in [3.63, 3.8) is 0 Å². The van der Waals surface area contributed by atoms with Crippen LogP contribution in [0.1, 0.15) is 44.9 Å². The number of carbonyl (C=O) groups excluding carboxylic acids is 1. The molecule has 1 unspecified atom stereocenters. The summed E-state index contributed by atoms with van der Waals surface area (Å²) in [5.74, 6) is 1.10. The van der Waals surface area contributed by atoms with Crippen LogP contribution < -0.4 is 5.32 Å². The van der Waals surface area contributed by atoms with Crippen LogP contribution in [-0.2, 0) is 9.53 Å². The molecule has 0 aromatic heterocycles. The van der Waals surface area contributed by atoms with Gasteiger partial charge in [-0.3, -0.25) is 4.79 Å². The molecule has 0 bridgehead atoms. The molecule has 0 radical (unpaired) electrons. The van der Waals surface area contributed by atoms with Crippen LogP contribution in [0.5, 0.6) is 0 Å². The van der Waals surface area contributed by atoms with Gasteiger partial charge in [0.25, 0.3) is 0 Å². The van der Waals surface area contributed by atoms with E-state index in [-0.39, 0.29) is 11.5 Å². The van der Waals surface area contributed by atoms with Crippen molar-refractivity contribution in [1.29, 1.82) is 0 Å². The summed E-state index contributed by atoms with van der Waals surface area (Å²) in [6, 6.07) is 0. The molecule has 3 heteroatoms. The van der Waals surface area contributed by atoms with Gasteiger partial charge < -0.3 is 10.1 Å². The second kappa shape index (κ2) is 4.69. The van der Waals surface area contributed by atoms with Crippen LogP contribution in [0.2, 0.25) is 0 Å². The molecule has 3 rings (SSSR count). The standard InChI is InChI=1S/C14H23NO2/c16-13(12-9-15-10-12)11-4-7-17-14(8-11)5-2-1-3-6-14/h11-12,15H,1-10H2. The van der Waals surface area contributed by atoms with Crippen molar-refractivity contribution in [2.45, 2.75) is 50.5 Å². The molecule has 96 valence electrons. The van der Waals surface area contributed by atoms with Crippen LogP contribution in [-0.4, -0.2) is 31.1 Å². The lowest BCUT2D eigenvalue weighted by atomic mass is 9.73.